The number of rotatable bonds is 5. The van der Waals surface area contributed by atoms with Crippen LogP contribution in [-0.4, -0.2) is 43.7 Å². The molecule has 1 N–H and O–H groups in total. The van der Waals surface area contributed by atoms with Crippen LogP contribution in [0.25, 0.3) is 0 Å². The number of carbonyl (C=O) groups excluding carboxylic acids is 1. The van der Waals surface area contributed by atoms with Crippen molar-refractivity contribution in [3.63, 3.8) is 0 Å². The van der Waals surface area contributed by atoms with Gasteiger partial charge in [0.15, 0.2) is 0 Å². The Balaban J connectivity index is 1.71. The molecule has 2 aromatic rings. The molecule has 1 fully saturated rings. The van der Waals surface area contributed by atoms with Gasteiger partial charge in [0.25, 0.3) is 5.91 Å². The second-order valence-electron chi connectivity index (χ2n) is 5.93. The Kier molecular flexibility index (Phi) is 6.02. The summed E-state index contributed by atoms with van der Waals surface area (Å²) in [6.45, 7) is 3.42. The maximum absolute atomic E-state index is 13.0. The number of ether oxygens (including phenoxy) is 1. The van der Waals surface area contributed by atoms with Crippen molar-refractivity contribution in [3.05, 3.63) is 70.5 Å². The molecule has 3 rings (SSSR count). The average Bonchev–Trinajstić information content (AvgIpc) is 2.64. The van der Waals surface area contributed by atoms with Crippen LogP contribution in [0.2, 0.25) is 5.02 Å². The van der Waals surface area contributed by atoms with Gasteiger partial charge in [-0.3, -0.25) is 9.69 Å². The van der Waals surface area contributed by atoms with Crippen molar-refractivity contribution in [3.8, 4) is 0 Å². The quantitative estimate of drug-likeness (QED) is 0.887. The lowest BCUT2D eigenvalue weighted by Crippen LogP contribution is -2.43. The van der Waals surface area contributed by atoms with Crippen molar-refractivity contribution in [2.24, 2.45) is 0 Å². The van der Waals surface area contributed by atoms with Crippen LogP contribution in [0.1, 0.15) is 22.0 Å². The lowest BCUT2D eigenvalue weighted by Gasteiger charge is -2.35. The third-order valence-electron chi connectivity index (χ3n) is 4.30. The first kappa shape index (κ1) is 17.9. The van der Waals surface area contributed by atoms with E-state index in [0.29, 0.717) is 30.3 Å². The van der Waals surface area contributed by atoms with E-state index in [1.807, 2.05) is 24.3 Å². The Morgan fingerprint density at radius 2 is 1.76 bits per heavy atom. The molecule has 0 spiro atoms. The normalized spacial score (nSPS) is 16.4. The highest BCUT2D eigenvalue weighted by molar-refractivity contribution is 6.30. The first-order valence-electron chi connectivity index (χ1n) is 8.24. The molecule has 0 aliphatic carbocycles. The molecule has 4 nitrogen and oxygen atoms in total. The van der Waals surface area contributed by atoms with E-state index in [-0.39, 0.29) is 17.8 Å². The molecular weight excluding hydrogens is 343 g/mol. The van der Waals surface area contributed by atoms with Crippen molar-refractivity contribution < 1.29 is 13.9 Å². The molecule has 0 saturated carbocycles. The van der Waals surface area contributed by atoms with E-state index in [4.69, 9.17) is 16.3 Å². The number of morpholine rings is 1. The number of nitrogens with zero attached hydrogens (tertiary/aromatic N) is 1. The van der Waals surface area contributed by atoms with Gasteiger partial charge in [0.05, 0.1) is 19.3 Å². The smallest absolute Gasteiger partial charge is 0.251 e. The molecule has 1 saturated heterocycles. The number of amides is 1. The number of carbonyl (C=O) groups is 1. The van der Waals surface area contributed by atoms with Crippen LogP contribution < -0.4 is 5.32 Å². The van der Waals surface area contributed by atoms with Crippen LogP contribution in [0.4, 0.5) is 4.39 Å². The maximum Gasteiger partial charge on any atom is 0.251 e. The lowest BCUT2D eigenvalue weighted by atomic mass is 10.0. The first-order chi connectivity index (χ1) is 12.1. The summed E-state index contributed by atoms with van der Waals surface area (Å²) < 4.78 is 18.4. The van der Waals surface area contributed by atoms with Gasteiger partial charge in [-0.25, -0.2) is 4.39 Å². The van der Waals surface area contributed by atoms with Crippen LogP contribution in [0.5, 0.6) is 0 Å². The Bertz CT molecular complexity index is 700. The predicted octanol–water partition coefficient (Wildman–Crippen LogP) is 3.28. The molecule has 1 heterocycles. The Morgan fingerprint density at radius 1 is 1.12 bits per heavy atom. The molecule has 1 aliphatic rings. The van der Waals surface area contributed by atoms with E-state index >= 15 is 0 Å². The average molecular weight is 363 g/mol. The van der Waals surface area contributed by atoms with E-state index in [0.717, 1.165) is 18.7 Å². The molecule has 0 radical (unpaired) electrons. The summed E-state index contributed by atoms with van der Waals surface area (Å²) in [6, 6.07) is 13.2. The van der Waals surface area contributed by atoms with Crippen LogP contribution >= 0.6 is 11.6 Å². The van der Waals surface area contributed by atoms with Gasteiger partial charge in [0.2, 0.25) is 0 Å². The first-order valence-corrected chi connectivity index (χ1v) is 8.62. The second kappa shape index (κ2) is 8.43. The van der Waals surface area contributed by atoms with Crippen LogP contribution in [0.15, 0.2) is 48.5 Å². The number of halogens is 2. The van der Waals surface area contributed by atoms with E-state index in [1.54, 1.807) is 0 Å². The van der Waals surface area contributed by atoms with Gasteiger partial charge >= 0.3 is 0 Å². The third-order valence-corrected chi connectivity index (χ3v) is 4.56. The van der Waals surface area contributed by atoms with Gasteiger partial charge in [-0.05, 0) is 42.0 Å². The summed E-state index contributed by atoms with van der Waals surface area (Å²) in [7, 11) is 0. The van der Waals surface area contributed by atoms with Crippen molar-refractivity contribution in [1.82, 2.24) is 10.2 Å². The summed E-state index contributed by atoms with van der Waals surface area (Å²) in [5.41, 5.74) is 1.53. The standard InChI is InChI=1S/C19H20ClFN2O2/c20-16-5-1-14(2-6-16)18(23-9-11-25-12-10-23)13-22-19(24)15-3-7-17(21)8-4-15/h1-8,18H,9-13H2,(H,22,24)/t18-/m0/s1. The van der Waals surface area contributed by atoms with Crippen molar-refractivity contribution in [1.29, 1.82) is 0 Å². The number of nitrogens with one attached hydrogen (secondary N) is 1. The zero-order valence-corrected chi connectivity index (χ0v) is 14.5. The fourth-order valence-corrected chi connectivity index (χ4v) is 3.05. The summed E-state index contributed by atoms with van der Waals surface area (Å²) >= 11 is 5.99. The summed E-state index contributed by atoms with van der Waals surface area (Å²) in [5, 5.41) is 3.63. The molecular formula is C19H20ClFN2O2. The van der Waals surface area contributed by atoms with E-state index < -0.39 is 0 Å². The van der Waals surface area contributed by atoms with E-state index in [1.165, 1.54) is 24.3 Å². The SMILES string of the molecule is O=C(NC[C@@H](c1ccc(Cl)cc1)N1CCOCC1)c1ccc(F)cc1. The lowest BCUT2D eigenvalue weighted by molar-refractivity contribution is 0.0162. The van der Waals surface area contributed by atoms with Gasteiger partial charge in [-0.15, -0.1) is 0 Å². The highest BCUT2D eigenvalue weighted by Gasteiger charge is 2.23. The van der Waals surface area contributed by atoms with Crippen LogP contribution in [0.3, 0.4) is 0 Å². The van der Waals surface area contributed by atoms with Gasteiger partial charge in [0, 0.05) is 30.2 Å². The van der Waals surface area contributed by atoms with Crippen LogP contribution in [0, 0.1) is 5.82 Å². The Morgan fingerprint density at radius 3 is 2.40 bits per heavy atom. The largest absolute Gasteiger partial charge is 0.379 e. The van der Waals surface area contributed by atoms with Crippen molar-refractivity contribution in [2.75, 3.05) is 32.8 Å². The van der Waals surface area contributed by atoms with Gasteiger partial charge < -0.3 is 10.1 Å². The molecule has 0 aromatic heterocycles. The molecule has 2 aromatic carbocycles. The highest BCUT2D eigenvalue weighted by Crippen LogP contribution is 2.23. The minimum Gasteiger partial charge on any atom is -0.379 e. The Labute approximate surface area is 151 Å². The molecule has 1 atom stereocenters. The van der Waals surface area contributed by atoms with Crippen molar-refractivity contribution in [2.45, 2.75) is 6.04 Å². The van der Waals surface area contributed by atoms with E-state index in [2.05, 4.69) is 10.2 Å². The zero-order chi connectivity index (χ0) is 17.6. The molecule has 1 amide bonds. The minimum absolute atomic E-state index is 0.0329. The molecule has 6 heteroatoms. The molecule has 25 heavy (non-hydrogen) atoms. The fraction of sp³-hybridized carbons (Fsp3) is 0.316. The second-order valence-corrected chi connectivity index (χ2v) is 6.37. The van der Waals surface area contributed by atoms with E-state index in [9.17, 15) is 9.18 Å². The summed E-state index contributed by atoms with van der Waals surface area (Å²) in [5.74, 6) is -0.573. The molecule has 0 bridgehead atoms. The minimum atomic E-state index is -0.357. The topological polar surface area (TPSA) is 41.6 Å². The van der Waals surface area contributed by atoms with Gasteiger partial charge in [-0.1, -0.05) is 23.7 Å². The summed E-state index contributed by atoms with van der Waals surface area (Å²) in [6.07, 6.45) is 0. The third kappa shape index (κ3) is 4.78. The molecule has 132 valence electrons. The monoisotopic (exact) mass is 362 g/mol. The Hall–Kier alpha value is -1.95. The maximum atomic E-state index is 13.0. The number of benzene rings is 2. The fourth-order valence-electron chi connectivity index (χ4n) is 2.92. The number of hydrogen-bond acceptors (Lipinski definition) is 3. The van der Waals surface area contributed by atoms with Gasteiger partial charge in [0.1, 0.15) is 5.82 Å². The molecule has 0 unspecified atom stereocenters. The van der Waals surface area contributed by atoms with Crippen molar-refractivity contribution >= 4 is 17.5 Å². The summed E-state index contributed by atoms with van der Waals surface area (Å²) in [4.78, 5) is 14.6. The predicted molar refractivity (Wildman–Crippen MR) is 95.3 cm³/mol. The van der Waals surface area contributed by atoms with Crippen LogP contribution in [-0.2, 0) is 4.74 Å². The zero-order valence-electron chi connectivity index (χ0n) is 13.8. The molecule has 1 aliphatic heterocycles. The number of hydrogen-bond donors (Lipinski definition) is 1. The van der Waals surface area contributed by atoms with Gasteiger partial charge in [-0.2, -0.15) is 0 Å². The highest BCUT2D eigenvalue weighted by atomic mass is 35.5.